The maximum Gasteiger partial charge on any atom is 0.313 e. The van der Waals surface area contributed by atoms with Crippen molar-refractivity contribution in [1.29, 1.82) is 0 Å². The van der Waals surface area contributed by atoms with Gasteiger partial charge < -0.3 is 10.6 Å². The molecule has 1 atom stereocenters. The van der Waals surface area contributed by atoms with E-state index < -0.39 is 11.8 Å². The van der Waals surface area contributed by atoms with Gasteiger partial charge in [0.25, 0.3) is 0 Å². The first-order valence-electron chi connectivity index (χ1n) is 7.78. The molecule has 0 spiro atoms. The third-order valence-corrected chi connectivity index (χ3v) is 3.83. The van der Waals surface area contributed by atoms with Gasteiger partial charge in [-0.15, -0.1) is 0 Å². The first kappa shape index (κ1) is 16.7. The summed E-state index contributed by atoms with van der Waals surface area (Å²) < 4.78 is 0. The van der Waals surface area contributed by atoms with E-state index in [0.717, 1.165) is 28.8 Å². The maximum atomic E-state index is 12.2. The van der Waals surface area contributed by atoms with Crippen LogP contribution in [-0.4, -0.2) is 11.8 Å². The van der Waals surface area contributed by atoms with Crippen LogP contribution >= 0.6 is 0 Å². The lowest BCUT2D eigenvalue weighted by Gasteiger charge is -2.16. The number of rotatable bonds is 4. The van der Waals surface area contributed by atoms with E-state index in [-0.39, 0.29) is 6.04 Å². The minimum absolute atomic E-state index is 0.225. The lowest BCUT2D eigenvalue weighted by atomic mass is 10.1. The van der Waals surface area contributed by atoms with Crippen LogP contribution in [0.1, 0.15) is 36.6 Å². The van der Waals surface area contributed by atoms with Gasteiger partial charge in [0.15, 0.2) is 0 Å². The molecule has 0 saturated heterocycles. The van der Waals surface area contributed by atoms with E-state index >= 15 is 0 Å². The molecule has 2 rings (SSSR count). The minimum atomic E-state index is -0.642. The molecule has 2 N–H and O–H groups in total. The molecular formula is C19H22N2O2. The molecule has 0 aliphatic heterocycles. The van der Waals surface area contributed by atoms with E-state index in [1.165, 1.54) is 0 Å². The lowest BCUT2D eigenvalue weighted by molar-refractivity contribution is -0.136. The second-order valence-corrected chi connectivity index (χ2v) is 5.52. The smallest absolute Gasteiger partial charge is 0.313 e. The molecule has 0 fully saturated rings. The van der Waals surface area contributed by atoms with Crippen molar-refractivity contribution in [2.75, 3.05) is 5.32 Å². The van der Waals surface area contributed by atoms with Crippen LogP contribution in [0.5, 0.6) is 0 Å². The Hall–Kier alpha value is -2.62. The molecule has 0 heterocycles. The van der Waals surface area contributed by atoms with Gasteiger partial charge in [-0.25, -0.2) is 0 Å². The summed E-state index contributed by atoms with van der Waals surface area (Å²) in [5, 5.41) is 5.46. The zero-order chi connectivity index (χ0) is 16.8. The summed E-state index contributed by atoms with van der Waals surface area (Å²) in [6, 6.07) is 15.1. The fourth-order valence-corrected chi connectivity index (χ4v) is 2.46. The second-order valence-electron chi connectivity index (χ2n) is 5.52. The van der Waals surface area contributed by atoms with Gasteiger partial charge in [0, 0.05) is 5.69 Å². The van der Waals surface area contributed by atoms with Gasteiger partial charge in [-0.3, -0.25) is 9.59 Å². The van der Waals surface area contributed by atoms with Gasteiger partial charge in [-0.05, 0) is 37.0 Å². The van der Waals surface area contributed by atoms with Gasteiger partial charge in [0.05, 0.1) is 6.04 Å². The number of para-hydroxylation sites is 1. The van der Waals surface area contributed by atoms with E-state index in [0.29, 0.717) is 0 Å². The van der Waals surface area contributed by atoms with Crippen LogP contribution in [0.25, 0.3) is 0 Å². The predicted molar refractivity (Wildman–Crippen MR) is 92.2 cm³/mol. The van der Waals surface area contributed by atoms with Crippen LogP contribution in [0.4, 0.5) is 5.69 Å². The molecule has 0 aliphatic rings. The Balaban J connectivity index is 2.05. The molecule has 0 saturated carbocycles. The number of amides is 2. The largest absolute Gasteiger partial charge is 0.341 e. The molecule has 0 bridgehead atoms. The number of benzene rings is 2. The number of hydrogen-bond donors (Lipinski definition) is 2. The van der Waals surface area contributed by atoms with Crippen molar-refractivity contribution in [2.24, 2.45) is 0 Å². The topological polar surface area (TPSA) is 58.2 Å². The summed E-state index contributed by atoms with van der Waals surface area (Å²) >= 11 is 0. The van der Waals surface area contributed by atoms with Crippen LogP contribution in [0, 0.1) is 6.92 Å². The number of carbonyl (C=O) groups is 2. The molecule has 120 valence electrons. The quantitative estimate of drug-likeness (QED) is 0.851. The highest BCUT2D eigenvalue weighted by Gasteiger charge is 2.18. The molecule has 2 amide bonds. The fraction of sp³-hybridized carbons (Fsp3) is 0.263. The highest BCUT2D eigenvalue weighted by Crippen LogP contribution is 2.21. The zero-order valence-electron chi connectivity index (χ0n) is 13.7. The Kier molecular flexibility index (Phi) is 5.52. The normalized spacial score (nSPS) is 11.6. The molecule has 0 radical (unpaired) electrons. The Morgan fingerprint density at radius 1 is 1.00 bits per heavy atom. The van der Waals surface area contributed by atoms with E-state index in [2.05, 4.69) is 10.6 Å². The van der Waals surface area contributed by atoms with Gasteiger partial charge in [-0.2, -0.15) is 0 Å². The summed E-state index contributed by atoms with van der Waals surface area (Å²) in [6.45, 7) is 5.78. The fourth-order valence-electron chi connectivity index (χ4n) is 2.46. The molecule has 0 aliphatic carbocycles. The number of hydrogen-bond acceptors (Lipinski definition) is 2. The van der Waals surface area contributed by atoms with Crippen LogP contribution in [-0.2, 0) is 16.0 Å². The van der Waals surface area contributed by atoms with E-state index in [1.807, 2.05) is 69.3 Å². The predicted octanol–water partition coefficient (Wildman–Crippen LogP) is 3.37. The van der Waals surface area contributed by atoms with Crippen LogP contribution in [0.3, 0.4) is 0 Å². The molecule has 2 aromatic carbocycles. The van der Waals surface area contributed by atoms with Crippen molar-refractivity contribution in [2.45, 2.75) is 33.2 Å². The average Bonchev–Trinajstić information content (AvgIpc) is 2.57. The number of nitrogens with one attached hydrogen (secondary N) is 2. The monoisotopic (exact) mass is 310 g/mol. The minimum Gasteiger partial charge on any atom is -0.341 e. The number of anilines is 1. The van der Waals surface area contributed by atoms with E-state index in [1.54, 1.807) is 0 Å². The average molecular weight is 310 g/mol. The number of carbonyl (C=O) groups excluding carboxylic acids is 2. The first-order valence-corrected chi connectivity index (χ1v) is 7.78. The third-order valence-electron chi connectivity index (χ3n) is 3.83. The second kappa shape index (κ2) is 7.58. The van der Waals surface area contributed by atoms with Crippen LogP contribution in [0.15, 0.2) is 48.5 Å². The highest BCUT2D eigenvalue weighted by molar-refractivity contribution is 6.39. The van der Waals surface area contributed by atoms with Crippen molar-refractivity contribution in [3.63, 3.8) is 0 Å². The summed E-state index contributed by atoms with van der Waals surface area (Å²) in [4.78, 5) is 24.3. The molecule has 2 aromatic rings. The Morgan fingerprint density at radius 2 is 1.70 bits per heavy atom. The van der Waals surface area contributed by atoms with Crippen molar-refractivity contribution < 1.29 is 9.59 Å². The van der Waals surface area contributed by atoms with Gasteiger partial charge in [0.1, 0.15) is 0 Å². The SMILES string of the molecule is CCc1cccc(C)c1NC(=O)C(=O)NC(C)c1ccccc1. The van der Waals surface area contributed by atoms with Crippen LogP contribution < -0.4 is 10.6 Å². The molecular weight excluding hydrogens is 288 g/mol. The maximum absolute atomic E-state index is 12.2. The lowest BCUT2D eigenvalue weighted by Crippen LogP contribution is -2.37. The molecule has 4 nitrogen and oxygen atoms in total. The van der Waals surface area contributed by atoms with E-state index in [9.17, 15) is 9.59 Å². The molecule has 0 aromatic heterocycles. The van der Waals surface area contributed by atoms with Gasteiger partial charge in [0.2, 0.25) is 0 Å². The standard InChI is InChI=1S/C19H22N2O2/c1-4-15-12-8-9-13(2)17(15)21-19(23)18(22)20-14(3)16-10-6-5-7-11-16/h5-12,14H,4H2,1-3H3,(H,20,22)(H,21,23). The Morgan fingerprint density at radius 3 is 2.35 bits per heavy atom. The summed E-state index contributed by atoms with van der Waals surface area (Å²) in [6.07, 6.45) is 0.791. The zero-order valence-corrected chi connectivity index (χ0v) is 13.7. The number of aryl methyl sites for hydroxylation is 2. The van der Waals surface area contributed by atoms with Gasteiger partial charge in [-0.1, -0.05) is 55.5 Å². The summed E-state index contributed by atoms with van der Waals surface area (Å²) in [5.74, 6) is -1.27. The Bertz CT molecular complexity index is 696. The molecule has 23 heavy (non-hydrogen) atoms. The summed E-state index contributed by atoms with van der Waals surface area (Å²) in [5.41, 5.74) is 3.64. The first-order chi connectivity index (χ1) is 11.0. The van der Waals surface area contributed by atoms with Crippen LogP contribution in [0.2, 0.25) is 0 Å². The van der Waals surface area contributed by atoms with Crippen molar-refractivity contribution in [3.8, 4) is 0 Å². The third kappa shape index (κ3) is 4.19. The molecule has 1 unspecified atom stereocenters. The molecule has 4 heteroatoms. The van der Waals surface area contributed by atoms with Gasteiger partial charge >= 0.3 is 11.8 Å². The highest BCUT2D eigenvalue weighted by atomic mass is 16.2. The van der Waals surface area contributed by atoms with Crippen molar-refractivity contribution in [3.05, 3.63) is 65.2 Å². The van der Waals surface area contributed by atoms with Crippen molar-refractivity contribution in [1.82, 2.24) is 5.32 Å². The van der Waals surface area contributed by atoms with Crippen molar-refractivity contribution >= 4 is 17.5 Å². The summed E-state index contributed by atoms with van der Waals surface area (Å²) in [7, 11) is 0. The Labute approximate surface area is 136 Å². The van der Waals surface area contributed by atoms with E-state index in [4.69, 9.17) is 0 Å².